The number of rotatable bonds is 6. The number of halogens is 1. The van der Waals surface area contributed by atoms with Gasteiger partial charge in [0.15, 0.2) is 0 Å². The molecule has 0 spiro atoms. The minimum atomic E-state index is -0.238. The quantitative estimate of drug-likeness (QED) is 0.233. The van der Waals surface area contributed by atoms with Crippen LogP contribution in [0.1, 0.15) is 21.5 Å². The van der Waals surface area contributed by atoms with Crippen molar-refractivity contribution in [1.82, 2.24) is 10.4 Å². The van der Waals surface area contributed by atoms with E-state index >= 15 is 0 Å². The maximum atomic E-state index is 12.3. The molecule has 0 fully saturated rings. The van der Waals surface area contributed by atoms with Crippen molar-refractivity contribution in [2.45, 2.75) is 10.6 Å². The lowest BCUT2D eigenvalue weighted by atomic mass is 10.1. The molecule has 0 saturated carbocycles. The maximum absolute atomic E-state index is 12.3. The summed E-state index contributed by atoms with van der Waals surface area (Å²) in [5.41, 5.74) is 6.26. The molecule has 0 radical (unpaired) electrons. The molecule has 29 heavy (non-hydrogen) atoms. The van der Waals surface area contributed by atoms with Gasteiger partial charge in [0.1, 0.15) is 0 Å². The Morgan fingerprint density at radius 2 is 1.79 bits per heavy atom. The van der Waals surface area contributed by atoms with Crippen molar-refractivity contribution in [1.29, 1.82) is 0 Å². The number of nitrogens with zero attached hydrogens (tertiary/aromatic N) is 1. The van der Waals surface area contributed by atoms with Crippen LogP contribution in [0.15, 0.2) is 89.0 Å². The monoisotopic (exact) mass is 419 g/mol. The molecule has 6 heteroatoms. The summed E-state index contributed by atoms with van der Waals surface area (Å²) in [7, 11) is 0. The van der Waals surface area contributed by atoms with Gasteiger partial charge < -0.3 is 4.98 Å². The third kappa shape index (κ3) is 4.88. The van der Waals surface area contributed by atoms with Gasteiger partial charge in [-0.1, -0.05) is 41.9 Å². The molecule has 1 amide bonds. The van der Waals surface area contributed by atoms with E-state index in [1.807, 2.05) is 79.0 Å². The number of aromatic nitrogens is 1. The van der Waals surface area contributed by atoms with E-state index in [9.17, 15) is 4.79 Å². The summed E-state index contributed by atoms with van der Waals surface area (Å²) in [6, 6.07) is 23.3. The lowest BCUT2D eigenvalue weighted by molar-refractivity contribution is 0.0955. The van der Waals surface area contributed by atoms with Crippen LogP contribution in [0.5, 0.6) is 0 Å². The van der Waals surface area contributed by atoms with Gasteiger partial charge in [-0.3, -0.25) is 4.79 Å². The molecule has 0 aliphatic rings. The van der Waals surface area contributed by atoms with Gasteiger partial charge in [0.25, 0.3) is 5.91 Å². The summed E-state index contributed by atoms with van der Waals surface area (Å²) in [4.78, 5) is 16.6. The van der Waals surface area contributed by atoms with Gasteiger partial charge in [-0.2, -0.15) is 5.10 Å². The molecule has 0 bridgehead atoms. The van der Waals surface area contributed by atoms with Crippen LogP contribution in [0.2, 0.25) is 5.02 Å². The number of hydrazone groups is 1. The van der Waals surface area contributed by atoms with Crippen molar-refractivity contribution in [2.75, 3.05) is 0 Å². The van der Waals surface area contributed by atoms with E-state index in [2.05, 4.69) is 15.5 Å². The summed E-state index contributed by atoms with van der Waals surface area (Å²) < 4.78 is 0. The first-order chi connectivity index (χ1) is 14.2. The molecule has 4 rings (SSSR count). The van der Waals surface area contributed by atoms with E-state index in [0.717, 1.165) is 37.7 Å². The number of carbonyl (C=O) groups excluding carboxylic acids is 1. The standard InChI is InChI=1S/C23H18ClN3OS/c24-19-9-11-20(12-10-19)29-15-16-5-7-17(8-6-16)23(28)27-26-14-18-13-25-22-4-2-1-3-21(18)22/h1-14,25H,15H2,(H,27,28)/b26-14-. The first-order valence-electron chi connectivity index (χ1n) is 9.06. The first kappa shape index (κ1) is 19.3. The van der Waals surface area contributed by atoms with Crippen LogP contribution in [-0.4, -0.2) is 17.1 Å². The minimum Gasteiger partial charge on any atom is -0.361 e. The van der Waals surface area contributed by atoms with Crippen molar-refractivity contribution < 1.29 is 4.79 Å². The Labute approximate surface area is 178 Å². The number of thioether (sulfide) groups is 1. The van der Waals surface area contributed by atoms with Crippen molar-refractivity contribution in [3.05, 3.63) is 101 Å². The second-order valence-corrected chi connectivity index (χ2v) is 7.91. The van der Waals surface area contributed by atoms with Gasteiger partial charge in [0, 0.05) is 43.9 Å². The molecule has 0 aliphatic heterocycles. The molecule has 0 unspecified atom stereocenters. The number of aromatic amines is 1. The van der Waals surface area contributed by atoms with Crippen LogP contribution in [0, 0.1) is 0 Å². The molecule has 2 N–H and O–H groups in total. The van der Waals surface area contributed by atoms with Gasteiger partial charge in [0.05, 0.1) is 6.21 Å². The van der Waals surface area contributed by atoms with Crippen molar-refractivity contribution >= 4 is 46.4 Å². The van der Waals surface area contributed by atoms with Gasteiger partial charge in [-0.25, -0.2) is 5.43 Å². The number of amides is 1. The lowest BCUT2D eigenvalue weighted by Gasteiger charge is -2.04. The number of benzene rings is 3. The number of nitrogens with one attached hydrogen (secondary N) is 2. The Kier molecular flexibility index (Phi) is 5.98. The Morgan fingerprint density at radius 1 is 1.03 bits per heavy atom. The fourth-order valence-electron chi connectivity index (χ4n) is 2.88. The molecular weight excluding hydrogens is 402 g/mol. The zero-order chi connectivity index (χ0) is 20.1. The number of fused-ring (bicyclic) bond motifs is 1. The van der Waals surface area contributed by atoms with Gasteiger partial charge >= 0.3 is 0 Å². The topological polar surface area (TPSA) is 57.2 Å². The fraction of sp³-hybridized carbons (Fsp3) is 0.0435. The zero-order valence-electron chi connectivity index (χ0n) is 15.4. The van der Waals surface area contributed by atoms with Crippen LogP contribution in [0.3, 0.4) is 0 Å². The van der Waals surface area contributed by atoms with Crippen LogP contribution in [0.4, 0.5) is 0 Å². The molecule has 0 aliphatic carbocycles. The molecule has 0 atom stereocenters. The van der Waals surface area contributed by atoms with Gasteiger partial charge in [0.2, 0.25) is 0 Å². The Bertz CT molecular complexity index is 1150. The third-order valence-corrected chi connectivity index (χ3v) is 5.76. The van der Waals surface area contributed by atoms with E-state index in [-0.39, 0.29) is 5.91 Å². The third-order valence-electron chi connectivity index (χ3n) is 4.43. The predicted octanol–water partition coefficient (Wildman–Crippen LogP) is 5.88. The normalized spacial score (nSPS) is 11.2. The number of carbonyl (C=O) groups is 1. The predicted molar refractivity (Wildman–Crippen MR) is 121 cm³/mol. The first-order valence-corrected chi connectivity index (χ1v) is 10.4. The number of H-pyrrole nitrogens is 1. The summed E-state index contributed by atoms with van der Waals surface area (Å²) in [5, 5.41) is 5.88. The molecular formula is C23H18ClN3OS. The molecule has 4 aromatic rings. The number of hydrogen-bond acceptors (Lipinski definition) is 3. The van der Waals surface area contributed by atoms with Gasteiger partial charge in [-0.15, -0.1) is 11.8 Å². The largest absolute Gasteiger partial charge is 0.361 e. The minimum absolute atomic E-state index is 0.238. The van der Waals surface area contributed by atoms with E-state index < -0.39 is 0 Å². The highest BCUT2D eigenvalue weighted by atomic mass is 35.5. The molecule has 4 nitrogen and oxygen atoms in total. The fourth-order valence-corrected chi connectivity index (χ4v) is 3.86. The highest BCUT2D eigenvalue weighted by Crippen LogP contribution is 2.24. The lowest BCUT2D eigenvalue weighted by Crippen LogP contribution is -2.17. The van der Waals surface area contributed by atoms with Crippen molar-refractivity contribution in [3.8, 4) is 0 Å². The average molecular weight is 420 g/mol. The Hall–Kier alpha value is -3.02. The highest BCUT2D eigenvalue weighted by Gasteiger charge is 2.05. The second kappa shape index (κ2) is 8.99. The summed E-state index contributed by atoms with van der Waals surface area (Å²) >= 11 is 7.63. The Morgan fingerprint density at radius 3 is 2.59 bits per heavy atom. The van der Waals surface area contributed by atoms with Crippen molar-refractivity contribution in [2.24, 2.45) is 5.10 Å². The van der Waals surface area contributed by atoms with Gasteiger partial charge in [-0.05, 0) is 48.0 Å². The average Bonchev–Trinajstić information content (AvgIpc) is 3.17. The van der Waals surface area contributed by atoms with E-state index in [1.165, 1.54) is 0 Å². The maximum Gasteiger partial charge on any atom is 0.271 e. The summed E-state index contributed by atoms with van der Waals surface area (Å²) in [5.74, 6) is 0.584. The van der Waals surface area contributed by atoms with Crippen LogP contribution in [-0.2, 0) is 5.75 Å². The summed E-state index contributed by atoms with van der Waals surface area (Å²) in [6.07, 6.45) is 3.52. The molecule has 1 heterocycles. The SMILES string of the molecule is O=C(N/N=C\c1c[nH]c2ccccc12)c1ccc(CSc2ccc(Cl)cc2)cc1. The van der Waals surface area contributed by atoms with Crippen LogP contribution in [0.25, 0.3) is 10.9 Å². The van der Waals surface area contributed by atoms with E-state index in [0.29, 0.717) is 5.56 Å². The molecule has 3 aromatic carbocycles. The molecule has 0 saturated heterocycles. The zero-order valence-corrected chi connectivity index (χ0v) is 17.0. The Balaban J connectivity index is 1.33. The molecule has 1 aromatic heterocycles. The second-order valence-electron chi connectivity index (χ2n) is 6.43. The number of hydrogen-bond donors (Lipinski definition) is 2. The van der Waals surface area contributed by atoms with Crippen LogP contribution >= 0.6 is 23.4 Å². The molecule has 144 valence electrons. The summed E-state index contributed by atoms with van der Waals surface area (Å²) in [6.45, 7) is 0. The van der Waals surface area contributed by atoms with Crippen molar-refractivity contribution in [3.63, 3.8) is 0 Å². The number of para-hydroxylation sites is 1. The van der Waals surface area contributed by atoms with Crippen LogP contribution < -0.4 is 5.43 Å². The van der Waals surface area contributed by atoms with E-state index in [1.54, 1.807) is 18.0 Å². The van der Waals surface area contributed by atoms with E-state index in [4.69, 9.17) is 11.6 Å². The smallest absolute Gasteiger partial charge is 0.271 e. The highest BCUT2D eigenvalue weighted by molar-refractivity contribution is 7.98.